The Morgan fingerprint density at radius 1 is 0.943 bits per heavy atom. The molecule has 9 heteroatoms. The van der Waals surface area contributed by atoms with Gasteiger partial charge in [0.15, 0.2) is 5.78 Å². The summed E-state index contributed by atoms with van der Waals surface area (Å²) in [5, 5.41) is 0. The van der Waals surface area contributed by atoms with Crippen LogP contribution in [0.25, 0.3) is 0 Å². The van der Waals surface area contributed by atoms with Crippen LogP contribution in [0.2, 0.25) is 0 Å². The molecular weight excluding hydrogens is 459 g/mol. The molecule has 1 aliphatic heterocycles. The van der Waals surface area contributed by atoms with Crippen molar-refractivity contribution in [2.24, 2.45) is 0 Å². The first kappa shape index (κ1) is 24.3. The van der Waals surface area contributed by atoms with E-state index in [0.717, 1.165) is 11.6 Å². The molecule has 0 saturated carbocycles. The van der Waals surface area contributed by atoms with E-state index >= 15 is 0 Å². The van der Waals surface area contributed by atoms with Crippen LogP contribution in [-0.2, 0) is 12.8 Å². The van der Waals surface area contributed by atoms with Crippen LogP contribution in [0.3, 0.4) is 0 Å². The number of alkyl halides is 3. The van der Waals surface area contributed by atoms with Gasteiger partial charge in [-0.2, -0.15) is 13.2 Å². The molecule has 2 aromatic carbocycles. The zero-order chi connectivity index (χ0) is 25.0. The highest BCUT2D eigenvalue weighted by molar-refractivity contribution is 5.95. The van der Waals surface area contributed by atoms with Crippen molar-refractivity contribution in [1.82, 2.24) is 9.88 Å². The predicted molar refractivity (Wildman–Crippen MR) is 125 cm³/mol. The van der Waals surface area contributed by atoms with E-state index in [1.165, 1.54) is 19.2 Å². The second-order valence-electron chi connectivity index (χ2n) is 8.22. The molecule has 0 aliphatic carbocycles. The molecule has 0 radical (unpaired) electrons. The Bertz CT molecular complexity index is 1200. The average molecular weight is 483 g/mol. The maximum atomic E-state index is 13.3. The fourth-order valence-electron chi connectivity index (χ4n) is 3.92. The predicted octanol–water partition coefficient (Wildman–Crippen LogP) is 4.84. The number of hydrogen-bond donors (Lipinski definition) is 0. The summed E-state index contributed by atoms with van der Waals surface area (Å²) < 4.78 is 45.8. The van der Waals surface area contributed by atoms with Crippen LogP contribution < -0.4 is 9.64 Å². The number of ether oxygens (including phenoxy) is 1. The second-order valence-corrected chi connectivity index (χ2v) is 8.22. The van der Waals surface area contributed by atoms with Gasteiger partial charge in [-0.1, -0.05) is 12.1 Å². The molecule has 1 amide bonds. The van der Waals surface area contributed by atoms with E-state index in [0.29, 0.717) is 16.9 Å². The zero-order valence-electron chi connectivity index (χ0n) is 19.1. The van der Waals surface area contributed by atoms with E-state index in [4.69, 9.17) is 4.74 Å². The lowest BCUT2D eigenvalue weighted by molar-refractivity contribution is -0.137. The Kier molecular flexibility index (Phi) is 7.04. The van der Waals surface area contributed by atoms with Gasteiger partial charge >= 0.3 is 6.18 Å². The minimum Gasteiger partial charge on any atom is -0.489 e. The molecule has 2 heterocycles. The minimum absolute atomic E-state index is 0.0237. The lowest BCUT2D eigenvalue weighted by Crippen LogP contribution is -2.49. The number of anilines is 1. The van der Waals surface area contributed by atoms with E-state index in [1.54, 1.807) is 52.3 Å². The van der Waals surface area contributed by atoms with Crippen LogP contribution >= 0.6 is 0 Å². The smallest absolute Gasteiger partial charge is 0.419 e. The highest BCUT2D eigenvalue weighted by Gasteiger charge is 2.36. The van der Waals surface area contributed by atoms with E-state index in [2.05, 4.69) is 4.98 Å². The first-order chi connectivity index (χ1) is 16.7. The standard InChI is InChI=1S/C26H24F3N3O3/c1-18(33)20-7-9-22(10-8-20)35-17-19-4-2-5-21(16-19)25(34)32-14-12-31(13-15-32)24-23(26(27,28)29)6-3-11-30-24/h2-11,16H,12-15,17H2,1H3. The van der Waals surface area contributed by atoms with Gasteiger partial charge < -0.3 is 14.5 Å². The number of halogens is 3. The van der Waals surface area contributed by atoms with Crippen LogP contribution in [0.5, 0.6) is 5.75 Å². The summed E-state index contributed by atoms with van der Waals surface area (Å²) in [6.07, 6.45) is -3.15. The van der Waals surface area contributed by atoms with Crippen molar-refractivity contribution >= 4 is 17.5 Å². The molecule has 0 unspecified atom stereocenters. The Balaban J connectivity index is 1.37. The summed E-state index contributed by atoms with van der Waals surface area (Å²) in [5.74, 6) is 0.289. The number of ketones is 1. The van der Waals surface area contributed by atoms with Gasteiger partial charge in [0, 0.05) is 43.5 Å². The van der Waals surface area contributed by atoms with Gasteiger partial charge in [0.1, 0.15) is 18.2 Å². The van der Waals surface area contributed by atoms with Gasteiger partial charge in [0.25, 0.3) is 5.91 Å². The number of pyridine rings is 1. The third kappa shape index (κ3) is 5.79. The van der Waals surface area contributed by atoms with Crippen LogP contribution in [0.15, 0.2) is 66.9 Å². The summed E-state index contributed by atoms with van der Waals surface area (Å²) >= 11 is 0. The fourth-order valence-corrected chi connectivity index (χ4v) is 3.92. The number of carbonyl (C=O) groups is 2. The van der Waals surface area contributed by atoms with Crippen molar-refractivity contribution in [1.29, 1.82) is 0 Å². The number of amides is 1. The number of aromatic nitrogens is 1. The minimum atomic E-state index is -4.49. The molecule has 0 bridgehead atoms. The lowest BCUT2D eigenvalue weighted by Gasteiger charge is -2.36. The molecule has 3 aromatic rings. The van der Waals surface area contributed by atoms with Crippen molar-refractivity contribution in [2.45, 2.75) is 19.7 Å². The molecule has 0 N–H and O–H groups in total. The van der Waals surface area contributed by atoms with Gasteiger partial charge in [0.05, 0.1) is 5.56 Å². The van der Waals surface area contributed by atoms with Gasteiger partial charge in [-0.05, 0) is 61.0 Å². The van der Waals surface area contributed by atoms with Crippen LogP contribution in [0.4, 0.5) is 19.0 Å². The van der Waals surface area contributed by atoms with Crippen LogP contribution in [0.1, 0.15) is 38.8 Å². The summed E-state index contributed by atoms with van der Waals surface area (Å²) in [6, 6.07) is 16.2. The van der Waals surface area contributed by atoms with Gasteiger partial charge in [-0.25, -0.2) is 4.98 Å². The largest absolute Gasteiger partial charge is 0.489 e. The molecule has 1 aliphatic rings. The van der Waals surface area contributed by atoms with E-state index in [9.17, 15) is 22.8 Å². The van der Waals surface area contributed by atoms with Crippen LogP contribution in [-0.4, -0.2) is 47.8 Å². The Labute approximate surface area is 200 Å². The summed E-state index contributed by atoms with van der Waals surface area (Å²) in [5.41, 5.74) is 1.11. The average Bonchev–Trinajstić information content (AvgIpc) is 2.87. The Morgan fingerprint density at radius 3 is 2.31 bits per heavy atom. The lowest BCUT2D eigenvalue weighted by atomic mass is 10.1. The molecule has 4 rings (SSSR count). The normalized spacial score (nSPS) is 14.1. The number of carbonyl (C=O) groups excluding carboxylic acids is 2. The first-order valence-corrected chi connectivity index (χ1v) is 11.1. The van der Waals surface area contributed by atoms with Crippen molar-refractivity contribution in [3.8, 4) is 5.75 Å². The van der Waals surface area contributed by atoms with E-state index in [-0.39, 0.29) is 50.3 Å². The maximum Gasteiger partial charge on any atom is 0.419 e. The topological polar surface area (TPSA) is 62.7 Å². The maximum absolute atomic E-state index is 13.3. The monoisotopic (exact) mass is 483 g/mol. The highest BCUT2D eigenvalue weighted by atomic mass is 19.4. The highest BCUT2D eigenvalue weighted by Crippen LogP contribution is 2.35. The first-order valence-electron chi connectivity index (χ1n) is 11.1. The van der Waals surface area contributed by atoms with Crippen molar-refractivity contribution < 1.29 is 27.5 Å². The summed E-state index contributed by atoms with van der Waals surface area (Å²) in [6.45, 7) is 2.83. The third-order valence-electron chi connectivity index (χ3n) is 5.80. The molecular formula is C26H24F3N3O3. The zero-order valence-corrected chi connectivity index (χ0v) is 19.1. The number of nitrogens with zero attached hydrogens (tertiary/aromatic N) is 3. The van der Waals surface area contributed by atoms with Crippen molar-refractivity contribution in [2.75, 3.05) is 31.1 Å². The second kappa shape index (κ2) is 10.2. The number of rotatable bonds is 6. The molecule has 0 spiro atoms. The van der Waals surface area contributed by atoms with Gasteiger partial charge in [-0.3, -0.25) is 9.59 Å². The molecule has 35 heavy (non-hydrogen) atoms. The number of benzene rings is 2. The quantitative estimate of drug-likeness (QED) is 0.470. The van der Waals surface area contributed by atoms with Crippen molar-refractivity contribution in [3.05, 3.63) is 89.1 Å². The van der Waals surface area contributed by atoms with E-state index < -0.39 is 11.7 Å². The van der Waals surface area contributed by atoms with Crippen molar-refractivity contribution in [3.63, 3.8) is 0 Å². The molecule has 182 valence electrons. The number of piperazine rings is 1. The van der Waals surface area contributed by atoms with Crippen LogP contribution in [0, 0.1) is 0 Å². The Hall–Kier alpha value is -3.88. The summed E-state index contributed by atoms with van der Waals surface area (Å²) in [7, 11) is 0. The number of Topliss-reactive ketones (excluding diaryl/α,β-unsaturated/α-hetero) is 1. The molecule has 0 atom stereocenters. The Morgan fingerprint density at radius 2 is 1.66 bits per heavy atom. The SMILES string of the molecule is CC(=O)c1ccc(OCc2cccc(C(=O)N3CCN(c4ncccc4C(F)(F)F)CC3)c2)cc1. The van der Waals surface area contributed by atoms with Gasteiger partial charge in [-0.15, -0.1) is 0 Å². The third-order valence-corrected chi connectivity index (χ3v) is 5.80. The molecule has 1 saturated heterocycles. The molecule has 1 fully saturated rings. The summed E-state index contributed by atoms with van der Waals surface area (Å²) in [4.78, 5) is 31.6. The molecule has 6 nitrogen and oxygen atoms in total. The molecule has 1 aromatic heterocycles. The fraction of sp³-hybridized carbons (Fsp3) is 0.269. The van der Waals surface area contributed by atoms with E-state index in [1.807, 2.05) is 6.07 Å². The number of hydrogen-bond acceptors (Lipinski definition) is 5. The van der Waals surface area contributed by atoms with Gasteiger partial charge in [0.2, 0.25) is 0 Å².